The number of para-hydroxylation sites is 1. The third-order valence-electron chi connectivity index (χ3n) is 4.13. The van der Waals surface area contributed by atoms with Gasteiger partial charge in [-0.2, -0.15) is 0 Å². The Balaban J connectivity index is 1.97. The van der Waals surface area contributed by atoms with Crippen LogP contribution in [-0.4, -0.2) is 12.6 Å². The Morgan fingerprint density at radius 1 is 1.42 bits per heavy atom. The van der Waals surface area contributed by atoms with E-state index < -0.39 is 0 Å². The van der Waals surface area contributed by atoms with E-state index in [1.165, 1.54) is 18.4 Å². The van der Waals surface area contributed by atoms with Gasteiger partial charge in [0.25, 0.3) is 0 Å². The molecule has 0 fully saturated rings. The number of nitrogens with two attached hydrogens (primary N) is 1. The van der Waals surface area contributed by atoms with E-state index in [9.17, 15) is 0 Å². The maximum Gasteiger partial charge on any atom is 0.122 e. The van der Waals surface area contributed by atoms with Crippen molar-refractivity contribution in [1.29, 1.82) is 0 Å². The zero-order valence-electron chi connectivity index (χ0n) is 12.1. The number of benzene rings is 1. The Bertz CT molecular complexity index is 394. The standard InChI is InChI=1S/C16H26N2O/c1-3-6-12(2)9-15(18-17)14-10-13-7-4-5-8-16(13)19-11-14/h4-5,7-8,12,14-15,18H,3,6,9-11,17H2,1-2H3. The highest BCUT2D eigenvalue weighted by atomic mass is 16.5. The number of rotatable bonds is 6. The second-order valence-electron chi connectivity index (χ2n) is 5.79. The van der Waals surface area contributed by atoms with Gasteiger partial charge in [-0.15, -0.1) is 0 Å². The summed E-state index contributed by atoms with van der Waals surface area (Å²) < 4.78 is 5.86. The summed E-state index contributed by atoms with van der Waals surface area (Å²) in [4.78, 5) is 0. The summed E-state index contributed by atoms with van der Waals surface area (Å²) in [6.07, 6.45) is 4.69. The van der Waals surface area contributed by atoms with Crippen molar-refractivity contribution >= 4 is 0 Å². The summed E-state index contributed by atoms with van der Waals surface area (Å²) in [5.74, 6) is 7.98. The molecule has 1 aliphatic rings. The molecule has 106 valence electrons. The first kappa shape index (κ1) is 14.4. The molecular weight excluding hydrogens is 236 g/mol. The molecule has 0 saturated carbocycles. The molecule has 2 rings (SSSR count). The number of hydrogen-bond acceptors (Lipinski definition) is 3. The second kappa shape index (κ2) is 6.92. The lowest BCUT2D eigenvalue weighted by Crippen LogP contribution is -2.46. The van der Waals surface area contributed by atoms with Crippen LogP contribution < -0.4 is 16.0 Å². The molecule has 3 atom stereocenters. The molecule has 0 amide bonds. The van der Waals surface area contributed by atoms with Crippen molar-refractivity contribution in [3.63, 3.8) is 0 Å². The smallest absolute Gasteiger partial charge is 0.122 e. The van der Waals surface area contributed by atoms with Gasteiger partial charge in [0, 0.05) is 12.0 Å². The Kier molecular flexibility index (Phi) is 5.23. The van der Waals surface area contributed by atoms with E-state index in [1.54, 1.807) is 0 Å². The van der Waals surface area contributed by atoms with E-state index in [-0.39, 0.29) is 0 Å². The molecule has 1 aromatic rings. The van der Waals surface area contributed by atoms with Crippen LogP contribution in [0.4, 0.5) is 0 Å². The van der Waals surface area contributed by atoms with E-state index in [4.69, 9.17) is 10.6 Å². The number of hydrogen-bond donors (Lipinski definition) is 2. The van der Waals surface area contributed by atoms with Gasteiger partial charge in [-0.05, 0) is 30.4 Å². The lowest BCUT2D eigenvalue weighted by Gasteiger charge is -2.32. The zero-order valence-corrected chi connectivity index (χ0v) is 12.1. The van der Waals surface area contributed by atoms with Crippen molar-refractivity contribution in [2.24, 2.45) is 17.7 Å². The summed E-state index contributed by atoms with van der Waals surface area (Å²) in [6.45, 7) is 5.32. The quantitative estimate of drug-likeness (QED) is 0.612. The molecule has 1 aliphatic heterocycles. The zero-order chi connectivity index (χ0) is 13.7. The SMILES string of the molecule is CCCC(C)CC(NN)C1COc2ccccc2C1. The van der Waals surface area contributed by atoms with Gasteiger partial charge in [0.15, 0.2) is 0 Å². The van der Waals surface area contributed by atoms with Crippen LogP contribution in [0.1, 0.15) is 38.7 Å². The number of nitrogens with one attached hydrogen (secondary N) is 1. The van der Waals surface area contributed by atoms with Gasteiger partial charge in [-0.25, -0.2) is 0 Å². The molecule has 19 heavy (non-hydrogen) atoms. The molecule has 0 aliphatic carbocycles. The Hall–Kier alpha value is -1.06. The summed E-state index contributed by atoms with van der Waals surface area (Å²) in [6, 6.07) is 8.66. The summed E-state index contributed by atoms with van der Waals surface area (Å²) in [7, 11) is 0. The van der Waals surface area contributed by atoms with Crippen molar-refractivity contribution in [1.82, 2.24) is 5.43 Å². The van der Waals surface area contributed by atoms with Crippen LogP contribution in [0.25, 0.3) is 0 Å². The van der Waals surface area contributed by atoms with Crippen molar-refractivity contribution in [3.05, 3.63) is 29.8 Å². The Morgan fingerprint density at radius 2 is 2.21 bits per heavy atom. The van der Waals surface area contributed by atoms with Crippen LogP contribution >= 0.6 is 0 Å². The van der Waals surface area contributed by atoms with Gasteiger partial charge >= 0.3 is 0 Å². The van der Waals surface area contributed by atoms with Gasteiger partial charge in [-0.3, -0.25) is 11.3 Å². The van der Waals surface area contributed by atoms with Crippen molar-refractivity contribution in [3.8, 4) is 5.75 Å². The minimum atomic E-state index is 0.343. The van der Waals surface area contributed by atoms with Crippen LogP contribution in [0.15, 0.2) is 24.3 Å². The molecule has 1 aromatic carbocycles. The number of fused-ring (bicyclic) bond motifs is 1. The van der Waals surface area contributed by atoms with Crippen LogP contribution in [0, 0.1) is 11.8 Å². The maximum atomic E-state index is 5.86. The highest BCUT2D eigenvalue weighted by molar-refractivity contribution is 5.35. The van der Waals surface area contributed by atoms with Crippen LogP contribution in [0.3, 0.4) is 0 Å². The fourth-order valence-electron chi connectivity index (χ4n) is 3.05. The molecule has 0 saturated heterocycles. The first-order valence-corrected chi connectivity index (χ1v) is 7.41. The van der Waals surface area contributed by atoms with Gasteiger partial charge in [0.1, 0.15) is 5.75 Å². The normalized spacial score (nSPS) is 21.3. The van der Waals surface area contributed by atoms with E-state index in [0.29, 0.717) is 17.9 Å². The first-order chi connectivity index (χ1) is 9.24. The lowest BCUT2D eigenvalue weighted by atomic mass is 9.85. The van der Waals surface area contributed by atoms with Crippen molar-refractivity contribution < 1.29 is 4.74 Å². The van der Waals surface area contributed by atoms with Crippen LogP contribution in [0.5, 0.6) is 5.75 Å². The summed E-state index contributed by atoms with van der Waals surface area (Å²) in [5, 5.41) is 0. The lowest BCUT2D eigenvalue weighted by molar-refractivity contribution is 0.169. The van der Waals surface area contributed by atoms with Gasteiger partial charge < -0.3 is 4.74 Å². The Morgan fingerprint density at radius 3 is 2.95 bits per heavy atom. The number of ether oxygens (including phenoxy) is 1. The van der Waals surface area contributed by atoms with Crippen LogP contribution in [-0.2, 0) is 6.42 Å². The summed E-state index contributed by atoms with van der Waals surface area (Å²) in [5.41, 5.74) is 4.32. The molecule has 0 aromatic heterocycles. The molecule has 0 bridgehead atoms. The van der Waals surface area contributed by atoms with Gasteiger partial charge in [-0.1, -0.05) is 44.9 Å². The fourth-order valence-corrected chi connectivity index (χ4v) is 3.05. The van der Waals surface area contributed by atoms with Gasteiger partial charge in [0.05, 0.1) is 6.61 Å². The van der Waals surface area contributed by atoms with E-state index in [2.05, 4.69) is 37.5 Å². The predicted molar refractivity (Wildman–Crippen MR) is 78.9 cm³/mol. The van der Waals surface area contributed by atoms with Gasteiger partial charge in [0.2, 0.25) is 0 Å². The molecule has 0 spiro atoms. The minimum absolute atomic E-state index is 0.343. The molecule has 0 radical (unpaired) electrons. The van der Waals surface area contributed by atoms with E-state index in [0.717, 1.165) is 25.2 Å². The maximum absolute atomic E-state index is 5.86. The molecule has 3 N–H and O–H groups in total. The largest absolute Gasteiger partial charge is 0.493 e. The topological polar surface area (TPSA) is 47.3 Å². The molecule has 1 heterocycles. The Labute approximate surface area is 116 Å². The molecule has 3 nitrogen and oxygen atoms in total. The van der Waals surface area contributed by atoms with E-state index >= 15 is 0 Å². The van der Waals surface area contributed by atoms with Crippen molar-refractivity contribution in [2.75, 3.05) is 6.61 Å². The number of hydrazine groups is 1. The first-order valence-electron chi connectivity index (χ1n) is 7.41. The third-order valence-corrected chi connectivity index (χ3v) is 4.13. The average molecular weight is 262 g/mol. The predicted octanol–water partition coefficient (Wildman–Crippen LogP) is 2.90. The highest BCUT2D eigenvalue weighted by Gasteiger charge is 2.27. The summed E-state index contributed by atoms with van der Waals surface area (Å²) >= 11 is 0. The van der Waals surface area contributed by atoms with Crippen molar-refractivity contribution in [2.45, 2.75) is 45.6 Å². The molecule has 3 heteroatoms. The molecular formula is C16H26N2O. The van der Waals surface area contributed by atoms with E-state index in [1.807, 2.05) is 6.07 Å². The monoisotopic (exact) mass is 262 g/mol. The highest BCUT2D eigenvalue weighted by Crippen LogP contribution is 2.30. The van der Waals surface area contributed by atoms with Crippen LogP contribution in [0.2, 0.25) is 0 Å². The fraction of sp³-hybridized carbons (Fsp3) is 0.625. The average Bonchev–Trinajstić information content (AvgIpc) is 2.44. The molecule has 3 unspecified atom stereocenters. The minimum Gasteiger partial charge on any atom is -0.493 e. The third kappa shape index (κ3) is 3.71. The second-order valence-corrected chi connectivity index (χ2v) is 5.79.